The minimum absolute atomic E-state index is 0.127. The number of epoxide rings is 1. The zero-order chi connectivity index (χ0) is 37.3. The lowest BCUT2D eigenvalue weighted by Gasteiger charge is -2.18. The molecule has 0 aromatic heterocycles. The van der Waals surface area contributed by atoms with Crippen LogP contribution < -0.4 is 0 Å². The Labute approximate surface area is 309 Å². The first kappa shape index (κ1) is 46.7. The van der Waals surface area contributed by atoms with Gasteiger partial charge in [-0.2, -0.15) is 0 Å². The van der Waals surface area contributed by atoms with Gasteiger partial charge in [0.2, 0.25) is 0 Å². The number of hydrogen-bond acceptors (Lipinski definition) is 7. The Morgan fingerprint density at radius 1 is 0.627 bits per heavy atom. The lowest BCUT2D eigenvalue weighted by Crippen LogP contribution is -2.29. The summed E-state index contributed by atoms with van der Waals surface area (Å²) in [6, 6.07) is 0. The van der Waals surface area contributed by atoms with Crippen molar-refractivity contribution in [2.45, 2.75) is 173 Å². The normalized spacial score (nSPS) is 17.1. The molecular weight excluding hydrogens is 667 g/mol. The van der Waals surface area contributed by atoms with Gasteiger partial charge >= 0.3 is 19.8 Å². The maximum absolute atomic E-state index is 12.4. The van der Waals surface area contributed by atoms with Crippen LogP contribution in [0.5, 0.6) is 0 Å². The first-order chi connectivity index (χ1) is 24.7. The fourth-order valence-corrected chi connectivity index (χ4v) is 5.73. The predicted molar refractivity (Wildman–Crippen MR) is 206 cm³/mol. The van der Waals surface area contributed by atoms with Crippen LogP contribution in [0.3, 0.4) is 0 Å². The molecule has 0 radical (unpaired) electrons. The van der Waals surface area contributed by atoms with Gasteiger partial charge < -0.3 is 24.0 Å². The molecule has 1 saturated heterocycles. The van der Waals surface area contributed by atoms with Crippen molar-refractivity contribution in [3.8, 4) is 0 Å². The largest absolute Gasteiger partial charge is 0.469 e. The molecule has 3 atom stereocenters. The first-order valence-electron chi connectivity index (χ1n) is 19.7. The van der Waals surface area contributed by atoms with Gasteiger partial charge in [0.1, 0.15) is 6.61 Å². The fourth-order valence-electron chi connectivity index (χ4n) is 5.37. The van der Waals surface area contributed by atoms with Gasteiger partial charge in [0.15, 0.2) is 6.10 Å². The summed E-state index contributed by atoms with van der Waals surface area (Å²) in [6.45, 7) is 3.55. The zero-order valence-corrected chi connectivity index (χ0v) is 32.6. The lowest BCUT2D eigenvalue weighted by atomic mass is 10.1. The molecule has 1 rings (SSSR count). The minimum atomic E-state index is -4.78. The number of allylic oxidation sites excluding steroid dienone is 9. The molecule has 0 saturated carbocycles. The summed E-state index contributed by atoms with van der Waals surface area (Å²) in [5.41, 5.74) is 0. The monoisotopic (exact) mass is 736 g/mol. The fraction of sp³-hybridized carbons (Fsp3) is 0.707. The van der Waals surface area contributed by atoms with Crippen molar-refractivity contribution >= 4 is 19.8 Å². The van der Waals surface area contributed by atoms with E-state index in [0.717, 1.165) is 70.6 Å². The molecule has 1 fully saturated rings. The Bertz CT molecular complexity index is 1080. The van der Waals surface area contributed by atoms with Crippen molar-refractivity contribution in [3.63, 3.8) is 0 Å². The number of ether oxygens (including phenoxy) is 3. The Kier molecular flexibility index (Phi) is 29.7. The van der Waals surface area contributed by atoms with Gasteiger partial charge in [0, 0.05) is 12.8 Å². The highest BCUT2D eigenvalue weighted by Crippen LogP contribution is 2.36. The molecule has 9 nitrogen and oxygen atoms in total. The Balaban J connectivity index is 2.14. The molecule has 0 aromatic rings. The van der Waals surface area contributed by atoms with Gasteiger partial charge in [-0.15, -0.1) is 0 Å². The highest BCUT2D eigenvalue weighted by atomic mass is 31.2. The molecule has 1 aliphatic heterocycles. The van der Waals surface area contributed by atoms with E-state index < -0.39 is 32.5 Å². The van der Waals surface area contributed by atoms with Crippen molar-refractivity contribution in [2.75, 3.05) is 13.2 Å². The molecule has 10 heteroatoms. The number of rotatable bonds is 34. The third-order valence-electron chi connectivity index (χ3n) is 8.43. The van der Waals surface area contributed by atoms with E-state index in [1.54, 1.807) is 0 Å². The summed E-state index contributed by atoms with van der Waals surface area (Å²) in [6.07, 6.45) is 42.5. The maximum Gasteiger partial charge on any atom is 0.469 e. The van der Waals surface area contributed by atoms with Crippen molar-refractivity contribution in [1.82, 2.24) is 0 Å². The number of phosphoric ester groups is 1. The molecule has 292 valence electrons. The number of esters is 2. The second-order valence-electron chi connectivity index (χ2n) is 13.3. The van der Waals surface area contributed by atoms with Crippen LogP contribution >= 0.6 is 7.82 Å². The summed E-state index contributed by atoms with van der Waals surface area (Å²) >= 11 is 0. The number of carbonyl (C=O) groups is 2. The Morgan fingerprint density at radius 2 is 1.16 bits per heavy atom. The molecule has 1 heterocycles. The highest BCUT2D eigenvalue weighted by molar-refractivity contribution is 7.46. The van der Waals surface area contributed by atoms with Gasteiger partial charge in [-0.1, -0.05) is 126 Å². The highest BCUT2D eigenvalue weighted by Gasteiger charge is 2.36. The summed E-state index contributed by atoms with van der Waals surface area (Å²) < 4.78 is 32.1. The van der Waals surface area contributed by atoms with E-state index in [0.29, 0.717) is 31.5 Å². The standard InChI is InChI=1S/C41H69O9P/c1-3-5-7-9-11-12-13-14-15-16-17-18-19-20-21-25-30-34-41(43)49-37(36-48-51(44,45)46)35-47-40(42)33-29-26-22-24-28-32-39-38(50-39)31-27-23-10-8-6-4-2/h11-12,14-15,17-18,20-21,23,27,37-39H,3-10,13,16,19,22,24-26,28-36H2,1-2H3,(H2,44,45,46)/b12-11-,15-14-,18-17-,21-20-,27-23-/t37-,38?,39?/m1/s1. The topological polar surface area (TPSA) is 132 Å². The molecule has 0 aromatic carbocycles. The van der Waals surface area contributed by atoms with E-state index in [9.17, 15) is 14.2 Å². The lowest BCUT2D eigenvalue weighted by molar-refractivity contribution is -0.161. The zero-order valence-electron chi connectivity index (χ0n) is 31.7. The van der Waals surface area contributed by atoms with Crippen LogP contribution in [0, 0.1) is 0 Å². The molecule has 0 spiro atoms. The molecule has 1 aliphatic rings. The van der Waals surface area contributed by atoms with Crippen LogP contribution in [0.15, 0.2) is 60.8 Å². The van der Waals surface area contributed by atoms with E-state index in [2.05, 4.69) is 73.1 Å². The van der Waals surface area contributed by atoms with Crippen molar-refractivity contribution in [1.29, 1.82) is 0 Å². The van der Waals surface area contributed by atoms with Crippen LogP contribution in [-0.4, -0.2) is 53.3 Å². The number of phosphoric acid groups is 1. The van der Waals surface area contributed by atoms with E-state index in [1.165, 1.54) is 38.5 Å². The number of carbonyl (C=O) groups excluding carboxylic acids is 2. The second-order valence-corrected chi connectivity index (χ2v) is 14.5. The van der Waals surface area contributed by atoms with E-state index in [1.807, 2.05) is 6.08 Å². The van der Waals surface area contributed by atoms with Crippen LogP contribution in [0.2, 0.25) is 0 Å². The molecule has 2 unspecified atom stereocenters. The first-order valence-corrected chi connectivity index (χ1v) is 21.2. The van der Waals surface area contributed by atoms with Crippen LogP contribution in [0.4, 0.5) is 0 Å². The van der Waals surface area contributed by atoms with Gasteiger partial charge in [0.05, 0.1) is 18.8 Å². The number of hydrogen-bond donors (Lipinski definition) is 2. The number of unbranched alkanes of at least 4 members (excludes halogenated alkanes) is 11. The molecule has 51 heavy (non-hydrogen) atoms. The summed E-state index contributed by atoms with van der Waals surface area (Å²) in [5, 5.41) is 0. The minimum Gasteiger partial charge on any atom is -0.462 e. The average molecular weight is 737 g/mol. The van der Waals surface area contributed by atoms with E-state index >= 15 is 0 Å². The third kappa shape index (κ3) is 32.1. The smallest absolute Gasteiger partial charge is 0.462 e. The molecule has 0 aliphatic carbocycles. The maximum atomic E-state index is 12.4. The van der Waals surface area contributed by atoms with Crippen LogP contribution in [0.25, 0.3) is 0 Å². The Morgan fingerprint density at radius 3 is 1.76 bits per heavy atom. The van der Waals surface area contributed by atoms with Crippen molar-refractivity contribution in [2.24, 2.45) is 0 Å². The molecular formula is C41H69O9P. The predicted octanol–water partition coefficient (Wildman–Crippen LogP) is 10.7. The summed E-state index contributed by atoms with van der Waals surface area (Å²) in [7, 11) is -4.78. The summed E-state index contributed by atoms with van der Waals surface area (Å²) in [4.78, 5) is 42.8. The Hall–Kier alpha value is -2.29. The molecule has 2 N–H and O–H groups in total. The molecule has 0 bridgehead atoms. The van der Waals surface area contributed by atoms with Gasteiger partial charge in [-0.3, -0.25) is 14.1 Å². The second kappa shape index (κ2) is 32.4. The van der Waals surface area contributed by atoms with Crippen LogP contribution in [0.1, 0.15) is 155 Å². The third-order valence-corrected chi connectivity index (χ3v) is 8.92. The van der Waals surface area contributed by atoms with Crippen molar-refractivity contribution in [3.05, 3.63) is 60.8 Å². The van der Waals surface area contributed by atoms with Gasteiger partial charge in [-0.05, 0) is 77.0 Å². The average Bonchev–Trinajstić information content (AvgIpc) is 3.85. The van der Waals surface area contributed by atoms with Gasteiger partial charge in [0.25, 0.3) is 0 Å². The van der Waals surface area contributed by atoms with E-state index in [4.69, 9.17) is 24.0 Å². The van der Waals surface area contributed by atoms with Crippen LogP contribution in [-0.2, 0) is 32.9 Å². The van der Waals surface area contributed by atoms with Gasteiger partial charge in [-0.25, -0.2) is 4.57 Å². The molecule has 0 amide bonds. The van der Waals surface area contributed by atoms with E-state index in [-0.39, 0.29) is 19.4 Å². The summed E-state index contributed by atoms with van der Waals surface area (Å²) in [5.74, 6) is -0.979. The van der Waals surface area contributed by atoms with Crippen molar-refractivity contribution < 1.29 is 42.7 Å². The SMILES string of the molecule is CCCCC/C=C\C/C=C\C/C=C\C/C=C\CCCC(=O)O[C@H](COC(=O)CCCCCCCC1OC1C/C=C\CCCCC)COP(=O)(O)O. The quantitative estimate of drug-likeness (QED) is 0.0218.